The molecule has 1 fully saturated rings. The van der Waals surface area contributed by atoms with Crippen LogP contribution < -0.4 is 10.2 Å². The number of ether oxygens (including phenoxy) is 1. The number of halogens is 1. The molecular formula is C40H42FN5O4Si. The van der Waals surface area contributed by atoms with Gasteiger partial charge in [0.25, 0.3) is 11.8 Å². The lowest BCUT2D eigenvalue weighted by Crippen LogP contribution is -2.45. The number of nitrogens with one attached hydrogen (secondary N) is 1. The molecule has 0 aliphatic carbocycles. The van der Waals surface area contributed by atoms with Crippen LogP contribution in [-0.2, 0) is 28.2 Å². The smallest absolute Gasteiger partial charge is 0.264 e. The first kappa shape index (κ1) is 34.5. The lowest BCUT2D eigenvalue weighted by Gasteiger charge is -2.31. The highest BCUT2D eigenvalue weighted by atomic mass is 28.4. The molecule has 1 unspecified atom stereocenters. The van der Waals surface area contributed by atoms with Gasteiger partial charge in [-0.25, -0.2) is 0 Å². The minimum absolute atomic E-state index is 0.118. The summed E-state index contributed by atoms with van der Waals surface area (Å²) in [7, 11) is -3.42. The molecular weight excluding hydrogens is 662 g/mol. The molecule has 0 radical (unpaired) electrons. The van der Waals surface area contributed by atoms with Crippen molar-refractivity contribution in [1.82, 2.24) is 15.0 Å². The van der Waals surface area contributed by atoms with Gasteiger partial charge in [0.05, 0.1) is 36.6 Å². The first-order chi connectivity index (χ1) is 24.6. The Labute approximate surface area is 298 Å². The van der Waals surface area contributed by atoms with E-state index in [9.17, 15) is 14.7 Å². The number of amides is 2. The standard InChI is InChI=1S/C40H42FN5O4Si/c1-27-37(51(2,3)41)36(21-22-45-25-34(43-44-45)32(26-47)29-15-9-5-10-16-29)50-40(27)33-23-31(42-38(48)30-17-11-6-12-18-30)19-20-35(33)46(39(40)49)24-28-13-7-4-8-14-28/h4-20,23,25,27,32,36-37,47H,21-22,24,26H2,1-3H3,(H,42,48)/t27-,32?,36+,37-,40+/m0/s1. The molecule has 11 heteroatoms. The van der Waals surface area contributed by atoms with Crippen LogP contribution in [0.5, 0.6) is 0 Å². The molecule has 0 saturated carbocycles. The number of carbonyl (C=O) groups excluding carboxylic acids is 2. The number of aliphatic hydroxyl groups excluding tert-OH is 1. The van der Waals surface area contributed by atoms with Gasteiger partial charge in [0.1, 0.15) is 0 Å². The highest BCUT2D eigenvalue weighted by Gasteiger charge is 2.66. The van der Waals surface area contributed by atoms with Crippen LogP contribution >= 0.6 is 0 Å². The molecule has 9 nitrogen and oxygen atoms in total. The van der Waals surface area contributed by atoms with Crippen LogP contribution in [0.2, 0.25) is 18.6 Å². The molecule has 1 aromatic heterocycles. The fourth-order valence-electron chi connectivity index (χ4n) is 8.01. The Morgan fingerprint density at radius 3 is 2.33 bits per heavy atom. The molecule has 2 N–H and O–H groups in total. The van der Waals surface area contributed by atoms with Crippen molar-refractivity contribution in [3.63, 3.8) is 0 Å². The quantitative estimate of drug-likeness (QED) is 0.113. The third-order valence-electron chi connectivity index (χ3n) is 10.4. The van der Waals surface area contributed by atoms with Gasteiger partial charge in [-0.05, 0) is 61.0 Å². The predicted molar refractivity (Wildman–Crippen MR) is 197 cm³/mol. The second kappa shape index (κ2) is 14.0. The van der Waals surface area contributed by atoms with Crippen LogP contribution in [0.15, 0.2) is 115 Å². The van der Waals surface area contributed by atoms with E-state index in [1.165, 1.54) is 0 Å². The molecule has 2 aliphatic heterocycles. The van der Waals surface area contributed by atoms with E-state index in [0.717, 1.165) is 11.1 Å². The molecule has 1 spiro atoms. The summed E-state index contributed by atoms with van der Waals surface area (Å²) in [5.74, 6) is -1.32. The number of nitrogens with zero attached hydrogens (tertiary/aromatic N) is 4. The summed E-state index contributed by atoms with van der Waals surface area (Å²) in [5, 5.41) is 21.9. The first-order valence-electron chi connectivity index (χ1n) is 17.4. The number of aromatic nitrogens is 3. The molecule has 0 bridgehead atoms. The number of carbonyl (C=O) groups is 2. The number of hydrogen-bond acceptors (Lipinski definition) is 6. The van der Waals surface area contributed by atoms with Crippen LogP contribution in [0.4, 0.5) is 15.5 Å². The molecule has 2 aliphatic rings. The zero-order chi connectivity index (χ0) is 35.8. The van der Waals surface area contributed by atoms with Gasteiger partial charge in [0.2, 0.25) is 8.41 Å². The minimum atomic E-state index is -3.42. The molecule has 1 saturated heterocycles. The second-order valence-electron chi connectivity index (χ2n) is 14.0. The Hall–Kier alpha value is -4.97. The maximum atomic E-state index is 16.5. The number of aryl methyl sites for hydroxylation is 1. The van der Waals surface area contributed by atoms with Gasteiger partial charge in [-0.15, -0.1) is 5.10 Å². The van der Waals surface area contributed by atoms with Crippen LogP contribution in [0, 0.1) is 5.92 Å². The van der Waals surface area contributed by atoms with Crippen LogP contribution in [0.25, 0.3) is 0 Å². The normalized spacial score (nSPS) is 21.9. The SMILES string of the molecule is C[C@H]1[C@H]([Si](C)(C)F)[C@@H](CCn2cc(C(CO)c3ccccc3)nn2)O[C@]12C(=O)N(Cc1ccccc1)c1ccc(NC(=O)c3ccccc3)cc12. The van der Waals surface area contributed by atoms with Crippen molar-refractivity contribution in [3.8, 4) is 0 Å². The first-order valence-corrected chi connectivity index (χ1v) is 20.3. The van der Waals surface area contributed by atoms with E-state index < -0.39 is 31.6 Å². The van der Waals surface area contributed by atoms with Crippen LogP contribution in [-0.4, -0.2) is 53.0 Å². The van der Waals surface area contributed by atoms with Crippen molar-refractivity contribution in [2.45, 2.75) is 62.7 Å². The zero-order valence-corrected chi connectivity index (χ0v) is 29.9. The van der Waals surface area contributed by atoms with E-state index in [4.69, 9.17) is 4.74 Å². The van der Waals surface area contributed by atoms with Gasteiger partial charge in [-0.3, -0.25) is 14.3 Å². The highest BCUT2D eigenvalue weighted by Crippen LogP contribution is 2.60. The Morgan fingerprint density at radius 2 is 1.67 bits per heavy atom. The molecule has 5 aromatic rings. The molecule has 7 rings (SSSR count). The fraction of sp³-hybridized carbons (Fsp3) is 0.300. The lowest BCUT2D eigenvalue weighted by molar-refractivity contribution is -0.146. The maximum absolute atomic E-state index is 16.5. The Bertz CT molecular complexity index is 2010. The summed E-state index contributed by atoms with van der Waals surface area (Å²) in [6, 6.07) is 33.8. The molecule has 262 valence electrons. The maximum Gasteiger partial charge on any atom is 0.264 e. The minimum Gasteiger partial charge on any atom is -0.395 e. The van der Waals surface area contributed by atoms with E-state index in [0.29, 0.717) is 47.7 Å². The molecule has 51 heavy (non-hydrogen) atoms. The van der Waals surface area contributed by atoms with Crippen molar-refractivity contribution in [3.05, 3.63) is 143 Å². The number of aliphatic hydroxyl groups is 1. The second-order valence-corrected chi connectivity index (χ2v) is 17.8. The third-order valence-corrected chi connectivity index (χ3v) is 12.8. The molecule has 4 aromatic carbocycles. The average Bonchev–Trinajstić information content (AvgIpc) is 3.79. The lowest BCUT2D eigenvalue weighted by atomic mass is 9.82. The van der Waals surface area contributed by atoms with Gasteiger partial charge < -0.3 is 24.2 Å². The van der Waals surface area contributed by atoms with E-state index in [2.05, 4.69) is 15.6 Å². The van der Waals surface area contributed by atoms with Gasteiger partial charge in [-0.1, -0.05) is 91.0 Å². The van der Waals surface area contributed by atoms with Gasteiger partial charge in [0, 0.05) is 41.0 Å². The fourth-order valence-corrected chi connectivity index (χ4v) is 10.6. The number of benzene rings is 4. The summed E-state index contributed by atoms with van der Waals surface area (Å²) in [6.07, 6.45) is 1.63. The van der Waals surface area contributed by atoms with Crippen LogP contribution in [0.3, 0.4) is 0 Å². The van der Waals surface area contributed by atoms with Crippen molar-refractivity contribution in [2.75, 3.05) is 16.8 Å². The summed E-state index contributed by atoms with van der Waals surface area (Å²) in [6.45, 7) is 5.88. The largest absolute Gasteiger partial charge is 0.395 e. The van der Waals surface area contributed by atoms with E-state index >= 15 is 4.11 Å². The summed E-state index contributed by atoms with van der Waals surface area (Å²) in [4.78, 5) is 29.8. The monoisotopic (exact) mass is 703 g/mol. The Kier molecular flexibility index (Phi) is 9.45. The van der Waals surface area contributed by atoms with Crippen molar-refractivity contribution < 1.29 is 23.5 Å². The van der Waals surface area contributed by atoms with Crippen molar-refractivity contribution in [1.29, 1.82) is 0 Å². The van der Waals surface area contributed by atoms with Gasteiger partial charge >= 0.3 is 0 Å². The molecule has 3 heterocycles. The number of hydrogen-bond donors (Lipinski definition) is 2. The molecule has 5 atom stereocenters. The van der Waals surface area contributed by atoms with E-state index in [-0.39, 0.29) is 24.3 Å². The van der Waals surface area contributed by atoms with Gasteiger partial charge in [0.15, 0.2) is 5.60 Å². The summed E-state index contributed by atoms with van der Waals surface area (Å²) in [5.41, 5.74) is 2.91. The number of fused-ring (bicyclic) bond motifs is 2. The average molecular weight is 704 g/mol. The van der Waals surface area contributed by atoms with Gasteiger partial charge in [-0.2, -0.15) is 0 Å². The Balaban J connectivity index is 1.22. The van der Waals surface area contributed by atoms with Crippen molar-refractivity contribution >= 4 is 31.6 Å². The topological polar surface area (TPSA) is 110 Å². The zero-order valence-electron chi connectivity index (χ0n) is 28.9. The third kappa shape index (κ3) is 6.53. The number of rotatable bonds is 11. The number of anilines is 2. The highest BCUT2D eigenvalue weighted by molar-refractivity contribution is 6.72. The van der Waals surface area contributed by atoms with Crippen molar-refractivity contribution in [2.24, 2.45) is 5.92 Å². The van der Waals surface area contributed by atoms with E-state index in [1.807, 2.05) is 92.0 Å². The summed E-state index contributed by atoms with van der Waals surface area (Å²) >= 11 is 0. The Morgan fingerprint density at radius 1 is 1.00 bits per heavy atom. The predicted octanol–water partition coefficient (Wildman–Crippen LogP) is 7.07. The molecule has 2 amide bonds. The van der Waals surface area contributed by atoms with Crippen LogP contribution in [0.1, 0.15) is 52.0 Å². The summed E-state index contributed by atoms with van der Waals surface area (Å²) < 4.78 is 25.2. The van der Waals surface area contributed by atoms with E-state index in [1.54, 1.807) is 53.0 Å².